The van der Waals surface area contributed by atoms with E-state index in [-0.39, 0.29) is 11.0 Å². The molecule has 1 aromatic heterocycles. The van der Waals surface area contributed by atoms with Crippen molar-refractivity contribution in [3.05, 3.63) is 28.8 Å². The lowest BCUT2D eigenvalue weighted by atomic mass is 10.3. The summed E-state index contributed by atoms with van der Waals surface area (Å²) in [4.78, 5) is 3.66. The summed E-state index contributed by atoms with van der Waals surface area (Å²) in [7, 11) is 0. The monoisotopic (exact) mass is 175 g/mol. The van der Waals surface area contributed by atoms with Gasteiger partial charge in [-0.25, -0.2) is 9.37 Å². The maximum atomic E-state index is 12.5. The van der Waals surface area contributed by atoms with Gasteiger partial charge < -0.3 is 0 Å². The van der Waals surface area contributed by atoms with E-state index < -0.39 is 0 Å². The summed E-state index contributed by atoms with van der Waals surface area (Å²) in [5, 5.41) is 0.193. The lowest BCUT2D eigenvalue weighted by Gasteiger charge is -1.92. The molecule has 0 atom stereocenters. The second-order valence-corrected chi connectivity index (χ2v) is 2.14. The van der Waals surface area contributed by atoms with E-state index in [0.29, 0.717) is 5.56 Å². The number of aromatic nitrogens is 1. The summed E-state index contributed by atoms with van der Waals surface area (Å²) >= 11 is 5.37. The van der Waals surface area contributed by atoms with Crippen molar-refractivity contribution >= 4 is 11.6 Å². The molecule has 0 amide bonds. The van der Waals surface area contributed by atoms with Crippen LogP contribution in [0.25, 0.3) is 0 Å². The molecule has 0 unspecified atom stereocenters. The topological polar surface area (TPSA) is 12.9 Å². The molecule has 0 bridgehead atoms. The number of halogens is 2. The predicted molar refractivity (Wildman–Crippen MR) is 45.3 cm³/mol. The number of aryl methyl sites for hydroxylation is 1. The van der Waals surface area contributed by atoms with Crippen LogP contribution in [0.3, 0.4) is 0 Å². The summed E-state index contributed by atoms with van der Waals surface area (Å²) in [5.41, 5.74) is 0.513. The van der Waals surface area contributed by atoms with Gasteiger partial charge in [0.1, 0.15) is 11.0 Å². The quantitative estimate of drug-likeness (QED) is 0.552. The maximum Gasteiger partial charge on any atom is 0.131 e. The Bertz CT molecular complexity index is 225. The molecule has 3 heteroatoms. The van der Waals surface area contributed by atoms with Crippen molar-refractivity contribution in [2.24, 2.45) is 0 Å². The van der Waals surface area contributed by atoms with Gasteiger partial charge in [0.15, 0.2) is 0 Å². The van der Waals surface area contributed by atoms with E-state index in [1.165, 1.54) is 12.3 Å². The van der Waals surface area contributed by atoms with Gasteiger partial charge in [0.05, 0.1) is 0 Å². The highest BCUT2D eigenvalue weighted by Gasteiger charge is 1.96. The largest absolute Gasteiger partial charge is 0.244 e. The molecule has 0 saturated heterocycles. The van der Waals surface area contributed by atoms with Gasteiger partial charge in [0, 0.05) is 17.8 Å². The van der Waals surface area contributed by atoms with E-state index in [0.717, 1.165) is 0 Å². The van der Waals surface area contributed by atoms with Gasteiger partial charge in [0.2, 0.25) is 0 Å². The summed E-state index contributed by atoms with van der Waals surface area (Å²) in [6, 6.07) is 1.19. The Hall–Kier alpha value is -0.630. The molecular weight excluding hydrogens is 165 g/mol. The van der Waals surface area contributed by atoms with E-state index in [9.17, 15) is 4.39 Å². The molecule has 1 aromatic rings. The zero-order valence-electron chi connectivity index (χ0n) is 6.86. The average Bonchev–Trinajstić information content (AvgIpc) is 2.02. The minimum absolute atomic E-state index is 0.193. The normalized spacial score (nSPS) is 8.45. The van der Waals surface area contributed by atoms with E-state index in [1.54, 1.807) is 6.92 Å². The van der Waals surface area contributed by atoms with Crippen LogP contribution in [0.15, 0.2) is 12.3 Å². The molecule has 0 N–H and O–H groups in total. The third kappa shape index (κ3) is 3.33. The Kier molecular flexibility index (Phi) is 4.79. The van der Waals surface area contributed by atoms with Crippen molar-refractivity contribution in [3.63, 3.8) is 0 Å². The van der Waals surface area contributed by atoms with Crippen molar-refractivity contribution in [1.82, 2.24) is 4.98 Å². The number of nitrogens with zero attached hydrogens (tertiary/aromatic N) is 1. The van der Waals surface area contributed by atoms with Crippen LogP contribution in [0.2, 0.25) is 5.15 Å². The second kappa shape index (κ2) is 5.08. The molecule has 0 aliphatic heterocycles. The highest BCUT2D eigenvalue weighted by molar-refractivity contribution is 6.29. The van der Waals surface area contributed by atoms with Crippen molar-refractivity contribution in [3.8, 4) is 0 Å². The number of rotatable bonds is 0. The first kappa shape index (κ1) is 10.4. The molecule has 0 fully saturated rings. The van der Waals surface area contributed by atoms with Crippen molar-refractivity contribution in [1.29, 1.82) is 0 Å². The Balaban J connectivity index is 0.000000461. The smallest absolute Gasteiger partial charge is 0.131 e. The van der Waals surface area contributed by atoms with Gasteiger partial charge in [-0.15, -0.1) is 0 Å². The highest BCUT2D eigenvalue weighted by Crippen LogP contribution is 2.08. The lowest BCUT2D eigenvalue weighted by Crippen LogP contribution is -1.83. The second-order valence-electron chi connectivity index (χ2n) is 1.76. The van der Waals surface area contributed by atoms with Crippen LogP contribution in [-0.4, -0.2) is 4.98 Å². The lowest BCUT2D eigenvalue weighted by molar-refractivity contribution is 0.616. The number of hydrogen-bond acceptors (Lipinski definition) is 1. The summed E-state index contributed by atoms with van der Waals surface area (Å²) < 4.78 is 12.5. The fraction of sp³-hybridized carbons (Fsp3) is 0.375. The molecule has 1 nitrogen and oxygen atoms in total. The first-order chi connectivity index (χ1) is 5.20. The molecule has 0 saturated carbocycles. The first-order valence-corrected chi connectivity index (χ1v) is 3.85. The van der Waals surface area contributed by atoms with Crippen LogP contribution in [0.1, 0.15) is 19.4 Å². The van der Waals surface area contributed by atoms with E-state index in [2.05, 4.69) is 4.98 Å². The van der Waals surface area contributed by atoms with Crippen LogP contribution in [0, 0.1) is 12.7 Å². The molecule has 0 radical (unpaired) electrons. The van der Waals surface area contributed by atoms with Crippen LogP contribution in [0.4, 0.5) is 4.39 Å². The Morgan fingerprint density at radius 3 is 2.36 bits per heavy atom. The van der Waals surface area contributed by atoms with Crippen LogP contribution >= 0.6 is 11.6 Å². The van der Waals surface area contributed by atoms with Gasteiger partial charge in [-0.1, -0.05) is 25.4 Å². The molecule has 0 aliphatic rings. The van der Waals surface area contributed by atoms with E-state index in [4.69, 9.17) is 11.6 Å². The molecule has 1 rings (SSSR count). The molecule has 11 heavy (non-hydrogen) atoms. The van der Waals surface area contributed by atoms with E-state index in [1.807, 2.05) is 13.8 Å². The summed E-state index contributed by atoms with van der Waals surface area (Å²) in [6.07, 6.45) is 1.40. The van der Waals surface area contributed by atoms with Gasteiger partial charge in [-0.2, -0.15) is 0 Å². The fourth-order valence-corrected chi connectivity index (χ4v) is 0.620. The molecule has 0 aliphatic carbocycles. The standard InChI is InChI=1S/C6H5ClFN.C2H6/c1-4-3-9-6(7)2-5(4)8;1-2/h2-3H,1H3;1-2H3. The van der Waals surface area contributed by atoms with Crippen molar-refractivity contribution in [2.75, 3.05) is 0 Å². The Morgan fingerprint density at radius 2 is 2.00 bits per heavy atom. The Morgan fingerprint density at radius 1 is 1.45 bits per heavy atom. The molecule has 1 heterocycles. The van der Waals surface area contributed by atoms with Gasteiger partial charge in [0.25, 0.3) is 0 Å². The van der Waals surface area contributed by atoms with Crippen molar-refractivity contribution < 1.29 is 4.39 Å². The first-order valence-electron chi connectivity index (χ1n) is 3.48. The van der Waals surface area contributed by atoms with Crippen LogP contribution in [-0.2, 0) is 0 Å². The molecule has 62 valence electrons. The minimum atomic E-state index is -0.310. The zero-order valence-corrected chi connectivity index (χ0v) is 7.61. The molecule has 0 aromatic carbocycles. The Labute approximate surface area is 71.2 Å². The third-order valence-corrected chi connectivity index (χ3v) is 1.21. The minimum Gasteiger partial charge on any atom is -0.244 e. The van der Waals surface area contributed by atoms with E-state index >= 15 is 0 Å². The van der Waals surface area contributed by atoms with Crippen LogP contribution in [0.5, 0.6) is 0 Å². The highest BCUT2D eigenvalue weighted by atomic mass is 35.5. The third-order valence-electron chi connectivity index (χ3n) is 1.00. The molecular formula is C8H11ClFN. The number of hydrogen-bond donors (Lipinski definition) is 0. The fourth-order valence-electron chi connectivity index (χ4n) is 0.476. The zero-order chi connectivity index (χ0) is 8.85. The van der Waals surface area contributed by atoms with Gasteiger partial charge >= 0.3 is 0 Å². The maximum absolute atomic E-state index is 12.5. The van der Waals surface area contributed by atoms with Gasteiger partial charge in [-0.05, 0) is 6.92 Å². The average molecular weight is 176 g/mol. The summed E-state index contributed by atoms with van der Waals surface area (Å²) in [5.74, 6) is -0.310. The predicted octanol–water partition coefficient (Wildman–Crippen LogP) is 3.21. The summed E-state index contributed by atoms with van der Waals surface area (Å²) in [6.45, 7) is 5.64. The van der Waals surface area contributed by atoms with Gasteiger partial charge in [-0.3, -0.25) is 0 Å². The SMILES string of the molecule is CC.Cc1cnc(Cl)cc1F. The van der Waals surface area contributed by atoms with Crippen LogP contribution < -0.4 is 0 Å². The van der Waals surface area contributed by atoms with Crippen molar-refractivity contribution in [2.45, 2.75) is 20.8 Å². The number of pyridine rings is 1. The molecule has 0 spiro atoms.